The van der Waals surface area contributed by atoms with Gasteiger partial charge in [0.1, 0.15) is 10.9 Å². The normalized spacial score (nSPS) is 12.1. The Balaban J connectivity index is 2.64. The number of hydrogen-bond donors (Lipinski definition) is 3. The van der Waals surface area contributed by atoms with Crippen LogP contribution in [-0.2, 0) is 9.53 Å². The zero-order valence-electron chi connectivity index (χ0n) is 21.5. The van der Waals surface area contributed by atoms with E-state index in [4.69, 9.17) is 25.7 Å². The van der Waals surface area contributed by atoms with Gasteiger partial charge in [0.2, 0.25) is 5.91 Å². The Morgan fingerprint density at radius 1 is 1.17 bits per heavy atom. The minimum absolute atomic E-state index is 0.0224. The van der Waals surface area contributed by atoms with Crippen LogP contribution in [0.4, 0.5) is 5.69 Å². The van der Waals surface area contributed by atoms with Gasteiger partial charge in [-0.1, -0.05) is 6.07 Å². The fourth-order valence-corrected chi connectivity index (χ4v) is 4.28. The smallest absolute Gasteiger partial charge is 0.270 e. The Morgan fingerprint density at radius 3 is 2.36 bits per heavy atom. The highest BCUT2D eigenvalue weighted by Crippen LogP contribution is 2.34. The molecule has 1 atom stereocenters. The molecule has 1 heterocycles. The van der Waals surface area contributed by atoms with E-state index >= 15 is 0 Å². The molecule has 198 valence electrons. The SMILES string of the molecule is CCOCCCN(C(=O)c1snc(C(N)=O)c1N)[C@@H](C(=O)NC(C)(C)C)c1ccc(OC)c(OC)c1. The molecular formula is C24H35N5O6S. The van der Waals surface area contributed by atoms with Gasteiger partial charge < -0.3 is 35.9 Å². The lowest BCUT2D eigenvalue weighted by atomic mass is 10.0. The summed E-state index contributed by atoms with van der Waals surface area (Å²) < 4.78 is 20.2. The quantitative estimate of drug-likeness (QED) is 0.359. The molecule has 12 heteroatoms. The average molecular weight is 522 g/mol. The van der Waals surface area contributed by atoms with Crippen molar-refractivity contribution in [3.05, 3.63) is 34.3 Å². The molecule has 0 unspecified atom stereocenters. The van der Waals surface area contributed by atoms with Gasteiger partial charge in [0, 0.05) is 25.3 Å². The predicted octanol–water partition coefficient (Wildman–Crippen LogP) is 2.37. The van der Waals surface area contributed by atoms with Crippen LogP contribution in [0.1, 0.15) is 65.9 Å². The summed E-state index contributed by atoms with van der Waals surface area (Å²) in [5.74, 6) is -0.926. The lowest BCUT2D eigenvalue weighted by Crippen LogP contribution is -2.49. The summed E-state index contributed by atoms with van der Waals surface area (Å²) in [5, 5.41) is 2.96. The minimum atomic E-state index is -1.06. The van der Waals surface area contributed by atoms with Gasteiger partial charge in [-0.25, -0.2) is 0 Å². The second-order valence-corrected chi connectivity index (χ2v) is 9.72. The van der Waals surface area contributed by atoms with Crippen LogP contribution in [0.25, 0.3) is 0 Å². The Labute approximate surface area is 215 Å². The van der Waals surface area contributed by atoms with Gasteiger partial charge in [-0.15, -0.1) is 0 Å². The van der Waals surface area contributed by atoms with E-state index in [1.54, 1.807) is 18.2 Å². The Hall–Kier alpha value is -3.38. The van der Waals surface area contributed by atoms with Crippen molar-refractivity contribution in [2.45, 2.75) is 45.7 Å². The molecule has 1 aromatic carbocycles. The summed E-state index contributed by atoms with van der Waals surface area (Å²) in [6.45, 7) is 8.47. The average Bonchev–Trinajstić information content (AvgIpc) is 3.20. The zero-order valence-corrected chi connectivity index (χ0v) is 22.4. The summed E-state index contributed by atoms with van der Waals surface area (Å²) >= 11 is 0.761. The number of amides is 3. The number of benzene rings is 1. The number of nitrogens with two attached hydrogens (primary N) is 2. The van der Waals surface area contributed by atoms with Gasteiger partial charge in [0.15, 0.2) is 17.2 Å². The van der Waals surface area contributed by atoms with E-state index in [1.165, 1.54) is 19.1 Å². The molecule has 0 spiro atoms. The molecule has 0 radical (unpaired) electrons. The van der Waals surface area contributed by atoms with Gasteiger partial charge in [0.25, 0.3) is 11.8 Å². The van der Waals surface area contributed by atoms with Gasteiger partial charge in [-0.05, 0) is 63.3 Å². The van der Waals surface area contributed by atoms with E-state index in [0.29, 0.717) is 36.7 Å². The molecule has 2 aromatic rings. The van der Waals surface area contributed by atoms with Gasteiger partial charge >= 0.3 is 0 Å². The van der Waals surface area contributed by atoms with Crippen molar-refractivity contribution < 1.29 is 28.6 Å². The molecule has 0 aliphatic carbocycles. The number of hydrogen-bond acceptors (Lipinski definition) is 9. The molecule has 0 aliphatic heterocycles. The third kappa shape index (κ3) is 7.08. The second-order valence-electron chi connectivity index (χ2n) is 8.94. The van der Waals surface area contributed by atoms with Crippen molar-refractivity contribution in [3.63, 3.8) is 0 Å². The van der Waals surface area contributed by atoms with Crippen LogP contribution in [0.5, 0.6) is 11.5 Å². The maximum atomic E-state index is 13.8. The number of aromatic nitrogens is 1. The fraction of sp³-hybridized carbons (Fsp3) is 0.500. The Bertz CT molecular complexity index is 1080. The first-order valence-electron chi connectivity index (χ1n) is 11.4. The summed E-state index contributed by atoms with van der Waals surface area (Å²) in [6.07, 6.45) is 0.452. The first-order valence-corrected chi connectivity index (χ1v) is 12.2. The topological polar surface area (TPSA) is 159 Å². The summed E-state index contributed by atoms with van der Waals surface area (Å²) in [4.78, 5) is 40.6. The molecule has 3 amide bonds. The maximum absolute atomic E-state index is 13.8. The van der Waals surface area contributed by atoms with Gasteiger partial charge in [-0.3, -0.25) is 14.4 Å². The lowest BCUT2D eigenvalue weighted by molar-refractivity contribution is -0.127. The number of rotatable bonds is 12. The Morgan fingerprint density at radius 2 is 1.83 bits per heavy atom. The number of nitrogens with one attached hydrogen (secondary N) is 1. The number of ether oxygens (including phenoxy) is 3. The molecule has 2 rings (SSSR count). The first-order chi connectivity index (χ1) is 16.9. The third-order valence-electron chi connectivity index (χ3n) is 5.09. The monoisotopic (exact) mass is 521 g/mol. The van der Waals surface area contributed by atoms with Crippen LogP contribution < -0.4 is 26.3 Å². The van der Waals surface area contributed by atoms with Crippen LogP contribution in [0.15, 0.2) is 18.2 Å². The van der Waals surface area contributed by atoms with Crippen molar-refractivity contribution >= 4 is 34.9 Å². The van der Waals surface area contributed by atoms with Gasteiger partial charge in [-0.2, -0.15) is 4.37 Å². The largest absolute Gasteiger partial charge is 0.493 e. The van der Waals surface area contributed by atoms with Crippen molar-refractivity contribution in [1.29, 1.82) is 0 Å². The first kappa shape index (κ1) is 28.9. The lowest BCUT2D eigenvalue weighted by Gasteiger charge is -2.33. The number of carbonyl (C=O) groups excluding carboxylic acids is 3. The van der Waals surface area contributed by atoms with E-state index in [1.807, 2.05) is 27.7 Å². The standard InChI is InChI=1S/C24H35N5O6S/c1-7-35-12-8-11-29(23(32)20-17(25)18(21(26)30)28-36-20)19(22(31)27-24(2,3)4)14-9-10-15(33-5)16(13-14)34-6/h9-10,13,19H,7-8,11-12,25H2,1-6H3,(H2,26,30)(H,27,31)/t19-/m1/s1. The highest BCUT2D eigenvalue weighted by molar-refractivity contribution is 7.09. The number of anilines is 1. The number of nitrogens with zero attached hydrogens (tertiary/aromatic N) is 2. The second kappa shape index (κ2) is 12.5. The van der Waals surface area contributed by atoms with Crippen LogP contribution in [0.2, 0.25) is 0 Å². The molecule has 0 saturated heterocycles. The molecular weight excluding hydrogens is 486 g/mol. The van der Waals surface area contributed by atoms with E-state index in [2.05, 4.69) is 9.69 Å². The van der Waals surface area contributed by atoms with Crippen molar-refractivity contribution in [1.82, 2.24) is 14.6 Å². The summed E-state index contributed by atoms with van der Waals surface area (Å²) in [6, 6.07) is 3.96. The number of methoxy groups -OCH3 is 2. The van der Waals surface area contributed by atoms with E-state index in [-0.39, 0.29) is 22.8 Å². The third-order valence-corrected chi connectivity index (χ3v) is 5.94. The molecule has 1 aromatic heterocycles. The fourth-order valence-electron chi connectivity index (χ4n) is 3.52. The minimum Gasteiger partial charge on any atom is -0.493 e. The van der Waals surface area contributed by atoms with Crippen LogP contribution in [0.3, 0.4) is 0 Å². The zero-order chi connectivity index (χ0) is 27.0. The van der Waals surface area contributed by atoms with Crippen LogP contribution in [-0.4, -0.2) is 66.5 Å². The summed E-state index contributed by atoms with van der Waals surface area (Å²) in [7, 11) is 2.99. The van der Waals surface area contributed by atoms with Crippen molar-refractivity contribution in [2.24, 2.45) is 5.73 Å². The molecule has 0 fully saturated rings. The van der Waals surface area contributed by atoms with E-state index in [9.17, 15) is 14.4 Å². The molecule has 36 heavy (non-hydrogen) atoms. The van der Waals surface area contributed by atoms with E-state index < -0.39 is 29.3 Å². The number of nitrogen functional groups attached to an aromatic ring is 1. The summed E-state index contributed by atoms with van der Waals surface area (Å²) in [5.41, 5.74) is 11.0. The predicted molar refractivity (Wildman–Crippen MR) is 137 cm³/mol. The molecule has 11 nitrogen and oxygen atoms in total. The van der Waals surface area contributed by atoms with Crippen molar-refractivity contribution in [2.75, 3.05) is 39.7 Å². The van der Waals surface area contributed by atoms with Crippen LogP contribution >= 0.6 is 11.5 Å². The molecule has 0 bridgehead atoms. The number of primary amides is 1. The van der Waals surface area contributed by atoms with Crippen LogP contribution in [0, 0.1) is 0 Å². The molecule has 0 aliphatic rings. The number of carbonyl (C=O) groups is 3. The molecule has 0 saturated carbocycles. The highest BCUT2D eigenvalue weighted by Gasteiger charge is 2.36. The van der Waals surface area contributed by atoms with Crippen molar-refractivity contribution in [3.8, 4) is 11.5 Å². The molecule has 5 N–H and O–H groups in total. The maximum Gasteiger partial charge on any atom is 0.270 e. The Kier molecular flexibility index (Phi) is 10.1. The highest BCUT2D eigenvalue weighted by atomic mass is 32.1. The van der Waals surface area contributed by atoms with E-state index in [0.717, 1.165) is 11.5 Å². The van der Waals surface area contributed by atoms with Gasteiger partial charge in [0.05, 0.1) is 19.9 Å².